The quantitative estimate of drug-likeness (QED) is 0.358. The molecule has 2 aliphatic carbocycles. The molecule has 0 radical (unpaired) electrons. The molecule has 0 saturated heterocycles. The second kappa shape index (κ2) is 9.15. The van der Waals surface area contributed by atoms with Crippen LogP contribution in [-0.2, 0) is 3.07 Å². The zero-order valence-corrected chi connectivity index (χ0v) is 17.7. The van der Waals surface area contributed by atoms with E-state index in [4.69, 9.17) is 3.07 Å². The van der Waals surface area contributed by atoms with Crippen LogP contribution >= 0.6 is 0 Å². The first-order valence-electron chi connectivity index (χ1n) is 9.92. The van der Waals surface area contributed by atoms with Crippen LogP contribution in [0.2, 0.25) is 13.3 Å². The Bertz CT molecular complexity index is 270. The van der Waals surface area contributed by atoms with E-state index in [-0.39, 0.29) is 0 Å². The van der Waals surface area contributed by atoms with E-state index in [9.17, 15) is 0 Å². The summed E-state index contributed by atoms with van der Waals surface area (Å²) in [6.07, 6.45) is 14.9. The van der Waals surface area contributed by atoms with E-state index in [2.05, 4.69) is 20.8 Å². The molecule has 0 aromatic rings. The third kappa shape index (κ3) is 5.41. The molecule has 0 heterocycles. The second-order valence-electron chi connectivity index (χ2n) is 7.74. The Balaban J connectivity index is 1.98. The van der Waals surface area contributed by atoms with Gasteiger partial charge in [-0.25, -0.2) is 0 Å². The van der Waals surface area contributed by atoms with Crippen molar-refractivity contribution in [3.63, 3.8) is 0 Å². The van der Waals surface area contributed by atoms with E-state index >= 15 is 0 Å². The van der Waals surface area contributed by atoms with Crippen molar-refractivity contribution < 1.29 is 3.07 Å². The maximum absolute atomic E-state index is 7.15. The first kappa shape index (κ1) is 18.1. The van der Waals surface area contributed by atoms with Crippen LogP contribution in [0.3, 0.4) is 0 Å². The van der Waals surface area contributed by atoms with Gasteiger partial charge in [0.2, 0.25) is 0 Å². The molecule has 0 aromatic heterocycles. The number of fused-ring (bicyclic) bond motifs is 1. The average molecular weight is 401 g/mol. The zero-order valence-electron chi connectivity index (χ0n) is 14.8. The van der Waals surface area contributed by atoms with Gasteiger partial charge in [-0.3, -0.25) is 0 Å². The molecular weight excluding hydrogens is 363 g/mol. The molecule has 0 amide bonds. The van der Waals surface area contributed by atoms with Gasteiger partial charge in [0, 0.05) is 0 Å². The minimum absolute atomic E-state index is 0.699. The standard InChI is InChI=1S/C7H11O.3C4H9.Sn/c8-7-3-1-2-5-4-6(5)7;3*1-3-4-2;/h5-7H,1-4H2;3*1,3-4H2,2H3;/q-1;;;;+1. The van der Waals surface area contributed by atoms with Gasteiger partial charge >= 0.3 is 138 Å². The molecule has 0 aliphatic heterocycles. The van der Waals surface area contributed by atoms with Gasteiger partial charge in [0.1, 0.15) is 0 Å². The maximum atomic E-state index is 7.15. The Morgan fingerprint density at radius 2 is 1.43 bits per heavy atom. The zero-order chi connectivity index (χ0) is 15.1. The van der Waals surface area contributed by atoms with Crippen molar-refractivity contribution in [2.24, 2.45) is 11.8 Å². The fourth-order valence-electron chi connectivity index (χ4n) is 4.37. The van der Waals surface area contributed by atoms with Crippen LogP contribution in [0, 0.1) is 11.8 Å². The van der Waals surface area contributed by atoms with Crippen LogP contribution in [-0.4, -0.2) is 24.9 Å². The van der Waals surface area contributed by atoms with Gasteiger partial charge in [0.15, 0.2) is 0 Å². The minimum atomic E-state index is -2.32. The summed E-state index contributed by atoms with van der Waals surface area (Å²) in [7, 11) is 0. The summed E-state index contributed by atoms with van der Waals surface area (Å²) in [6.45, 7) is 7.06. The first-order valence-corrected chi connectivity index (χ1v) is 17.1. The number of hydrogen-bond acceptors (Lipinski definition) is 1. The van der Waals surface area contributed by atoms with Crippen LogP contribution in [0.25, 0.3) is 0 Å². The molecule has 2 heteroatoms. The fraction of sp³-hybridized carbons (Fsp3) is 1.00. The van der Waals surface area contributed by atoms with Crippen molar-refractivity contribution in [2.75, 3.05) is 0 Å². The monoisotopic (exact) mass is 402 g/mol. The Morgan fingerprint density at radius 3 is 1.95 bits per heavy atom. The summed E-state index contributed by atoms with van der Waals surface area (Å²) in [6, 6.07) is 0. The van der Waals surface area contributed by atoms with Crippen LogP contribution in [0.1, 0.15) is 85.0 Å². The van der Waals surface area contributed by atoms with Crippen molar-refractivity contribution in [1.29, 1.82) is 0 Å². The van der Waals surface area contributed by atoms with Gasteiger partial charge in [-0.2, -0.15) is 0 Å². The van der Waals surface area contributed by atoms with Crippen molar-refractivity contribution in [3.05, 3.63) is 0 Å². The van der Waals surface area contributed by atoms with Gasteiger partial charge in [-0.05, 0) is 0 Å². The molecular formula is C19H38OSn. The Morgan fingerprint density at radius 1 is 0.857 bits per heavy atom. The second-order valence-corrected chi connectivity index (χ2v) is 19.4. The Hall–Kier alpha value is 0.759. The van der Waals surface area contributed by atoms with E-state index in [0.717, 1.165) is 11.8 Å². The predicted octanol–water partition coefficient (Wildman–Crippen LogP) is 6.54. The molecule has 21 heavy (non-hydrogen) atoms. The van der Waals surface area contributed by atoms with Crippen LogP contribution in [0.15, 0.2) is 0 Å². The van der Waals surface area contributed by atoms with E-state index in [1.165, 1.54) is 77.5 Å². The van der Waals surface area contributed by atoms with E-state index < -0.39 is 18.8 Å². The van der Waals surface area contributed by atoms with Gasteiger partial charge in [0.25, 0.3) is 0 Å². The molecule has 2 rings (SSSR count). The van der Waals surface area contributed by atoms with E-state index in [0.29, 0.717) is 6.10 Å². The number of hydrogen-bond donors (Lipinski definition) is 0. The molecule has 124 valence electrons. The number of rotatable bonds is 11. The van der Waals surface area contributed by atoms with Crippen LogP contribution in [0.5, 0.6) is 0 Å². The molecule has 2 saturated carbocycles. The third-order valence-electron chi connectivity index (χ3n) is 5.88. The summed E-state index contributed by atoms with van der Waals surface area (Å²) in [5.74, 6) is 2.05. The Kier molecular flexibility index (Phi) is 7.89. The summed E-state index contributed by atoms with van der Waals surface area (Å²) in [5, 5.41) is 0. The first-order chi connectivity index (χ1) is 10.2. The average Bonchev–Trinajstić information content (AvgIpc) is 3.29. The van der Waals surface area contributed by atoms with Crippen molar-refractivity contribution in [1.82, 2.24) is 0 Å². The predicted molar refractivity (Wildman–Crippen MR) is 95.2 cm³/mol. The molecule has 2 aliphatic rings. The van der Waals surface area contributed by atoms with E-state index in [1.807, 2.05) is 0 Å². The van der Waals surface area contributed by atoms with E-state index in [1.54, 1.807) is 0 Å². The summed E-state index contributed by atoms with van der Waals surface area (Å²) >= 11 is -2.32. The van der Waals surface area contributed by atoms with Crippen molar-refractivity contribution in [3.8, 4) is 0 Å². The van der Waals surface area contributed by atoms with Crippen molar-refractivity contribution in [2.45, 2.75) is 104 Å². The topological polar surface area (TPSA) is 9.23 Å². The summed E-state index contributed by atoms with van der Waals surface area (Å²) in [5.41, 5.74) is 0. The van der Waals surface area contributed by atoms with Crippen molar-refractivity contribution >= 4 is 18.8 Å². The van der Waals surface area contributed by atoms with Crippen LogP contribution in [0.4, 0.5) is 0 Å². The molecule has 2 fully saturated rings. The number of unbranched alkanes of at least 4 members (excludes halogenated alkanes) is 3. The third-order valence-corrected chi connectivity index (χ3v) is 19.0. The SMILES string of the molecule is CCC[CH2][Sn]([CH2]CCC)([CH2]CCC)[O]C1CCCC2CC21. The Labute approximate surface area is 138 Å². The molecule has 3 atom stereocenters. The van der Waals surface area contributed by atoms with Gasteiger partial charge in [0.05, 0.1) is 0 Å². The molecule has 0 spiro atoms. The fourth-order valence-corrected chi connectivity index (χ4v) is 18.7. The van der Waals surface area contributed by atoms with Crippen LogP contribution < -0.4 is 0 Å². The molecule has 0 aromatic carbocycles. The van der Waals surface area contributed by atoms with Gasteiger partial charge in [-0.1, -0.05) is 0 Å². The normalized spacial score (nSPS) is 28.4. The summed E-state index contributed by atoms with van der Waals surface area (Å²) < 4.78 is 11.7. The molecule has 1 nitrogen and oxygen atoms in total. The summed E-state index contributed by atoms with van der Waals surface area (Å²) in [4.78, 5) is 0. The van der Waals surface area contributed by atoms with Gasteiger partial charge in [-0.15, -0.1) is 0 Å². The molecule has 0 N–H and O–H groups in total. The molecule has 0 bridgehead atoms. The van der Waals surface area contributed by atoms with Gasteiger partial charge < -0.3 is 0 Å². The molecule has 3 unspecified atom stereocenters.